The molecule has 5 heteroatoms. The summed E-state index contributed by atoms with van der Waals surface area (Å²) in [6, 6.07) is -0.196. The maximum absolute atomic E-state index is 12.0. The van der Waals surface area contributed by atoms with Crippen molar-refractivity contribution in [3.8, 4) is 0 Å². The van der Waals surface area contributed by atoms with Crippen molar-refractivity contribution in [2.45, 2.75) is 59.2 Å². The molecule has 0 aliphatic rings. The molecule has 0 aliphatic heterocycles. The lowest BCUT2D eigenvalue weighted by molar-refractivity contribution is -0.124. The normalized spacial score (nSPS) is 13.4. The molecule has 0 aromatic carbocycles. The Morgan fingerprint density at radius 3 is 2.72 bits per heavy atom. The van der Waals surface area contributed by atoms with E-state index in [-0.39, 0.29) is 17.5 Å². The second kappa shape index (κ2) is 6.29. The summed E-state index contributed by atoms with van der Waals surface area (Å²) in [6.07, 6.45) is 2.77. The van der Waals surface area contributed by atoms with Crippen LogP contribution in [0.3, 0.4) is 0 Å². The lowest BCUT2D eigenvalue weighted by Crippen LogP contribution is -2.50. The topological polar surface area (TPSA) is 54.0 Å². The third-order valence-corrected chi connectivity index (χ3v) is 3.90. The Bertz CT molecular complexity index is 401. The summed E-state index contributed by atoms with van der Waals surface area (Å²) >= 11 is 1.65. The fourth-order valence-corrected chi connectivity index (χ4v) is 2.11. The van der Waals surface area contributed by atoms with Gasteiger partial charge in [0.05, 0.1) is 11.0 Å². The van der Waals surface area contributed by atoms with Gasteiger partial charge in [-0.2, -0.15) is 0 Å². The van der Waals surface area contributed by atoms with Crippen molar-refractivity contribution in [2.24, 2.45) is 0 Å². The molecule has 4 nitrogen and oxygen atoms in total. The van der Waals surface area contributed by atoms with E-state index < -0.39 is 0 Å². The molecule has 1 aromatic heterocycles. The molecule has 1 heterocycles. The summed E-state index contributed by atoms with van der Waals surface area (Å²) < 4.78 is 0. The van der Waals surface area contributed by atoms with E-state index >= 15 is 0 Å². The Kier molecular flexibility index (Phi) is 5.28. The zero-order valence-corrected chi connectivity index (χ0v) is 12.6. The van der Waals surface area contributed by atoms with Crippen LogP contribution in [0.1, 0.15) is 44.0 Å². The van der Waals surface area contributed by atoms with Crippen LogP contribution in [0.5, 0.6) is 0 Å². The van der Waals surface area contributed by atoms with Gasteiger partial charge in [0.1, 0.15) is 0 Å². The highest BCUT2D eigenvalue weighted by atomic mass is 32.1. The molecule has 0 spiro atoms. The smallest absolute Gasteiger partial charge is 0.237 e. The molecule has 2 N–H and O–H groups in total. The molecule has 0 bridgehead atoms. The van der Waals surface area contributed by atoms with E-state index in [1.54, 1.807) is 11.3 Å². The number of rotatable bonds is 6. The number of nitrogens with zero attached hydrogens (tertiary/aromatic N) is 1. The second-order valence-corrected chi connectivity index (χ2v) is 6.49. The van der Waals surface area contributed by atoms with Gasteiger partial charge in [0, 0.05) is 23.2 Å². The Morgan fingerprint density at radius 2 is 2.22 bits per heavy atom. The lowest BCUT2D eigenvalue weighted by Gasteiger charge is -2.26. The maximum Gasteiger partial charge on any atom is 0.237 e. The van der Waals surface area contributed by atoms with Crippen molar-refractivity contribution in [3.63, 3.8) is 0 Å². The Labute approximate surface area is 113 Å². The van der Waals surface area contributed by atoms with Gasteiger partial charge in [0.25, 0.3) is 0 Å². The van der Waals surface area contributed by atoms with E-state index in [0.29, 0.717) is 6.54 Å². The van der Waals surface area contributed by atoms with Crippen LogP contribution in [-0.2, 0) is 11.3 Å². The number of amides is 1. The zero-order valence-electron chi connectivity index (χ0n) is 11.8. The Morgan fingerprint density at radius 1 is 1.56 bits per heavy atom. The minimum atomic E-state index is -0.196. The number of nitrogens with one attached hydrogen (secondary N) is 2. The molecule has 1 amide bonds. The highest BCUT2D eigenvalue weighted by molar-refractivity contribution is 7.11. The quantitative estimate of drug-likeness (QED) is 0.832. The molecule has 1 rings (SSSR count). The number of carbonyl (C=O) groups is 1. The highest BCUT2D eigenvalue weighted by Crippen LogP contribution is 2.11. The van der Waals surface area contributed by atoms with Crippen LogP contribution in [0, 0.1) is 6.92 Å². The first-order valence-corrected chi connectivity index (χ1v) is 7.12. The highest BCUT2D eigenvalue weighted by Gasteiger charge is 2.21. The molecule has 102 valence electrons. The summed E-state index contributed by atoms with van der Waals surface area (Å²) in [7, 11) is 0. The molecule has 1 unspecified atom stereocenters. The Balaban J connectivity index is 2.41. The molecule has 0 aliphatic carbocycles. The Hall–Kier alpha value is -0.940. The monoisotopic (exact) mass is 269 g/mol. The van der Waals surface area contributed by atoms with Gasteiger partial charge in [-0.05, 0) is 34.1 Å². The van der Waals surface area contributed by atoms with Crippen molar-refractivity contribution in [2.75, 3.05) is 0 Å². The van der Waals surface area contributed by atoms with E-state index in [4.69, 9.17) is 0 Å². The van der Waals surface area contributed by atoms with Gasteiger partial charge in [0.15, 0.2) is 0 Å². The van der Waals surface area contributed by atoms with Crippen molar-refractivity contribution >= 4 is 17.2 Å². The summed E-state index contributed by atoms with van der Waals surface area (Å²) in [4.78, 5) is 17.3. The number of thiazole rings is 1. The van der Waals surface area contributed by atoms with E-state index in [0.717, 1.165) is 16.3 Å². The van der Waals surface area contributed by atoms with Crippen LogP contribution >= 0.6 is 11.3 Å². The number of aryl methyl sites for hydroxylation is 1. The number of carbonyl (C=O) groups excluding carboxylic acids is 1. The van der Waals surface area contributed by atoms with Crippen molar-refractivity contribution in [1.82, 2.24) is 15.6 Å². The summed E-state index contributed by atoms with van der Waals surface area (Å²) in [6.45, 7) is 10.7. The van der Waals surface area contributed by atoms with E-state index in [1.807, 2.05) is 33.9 Å². The van der Waals surface area contributed by atoms with Crippen LogP contribution in [0.2, 0.25) is 0 Å². The average Bonchev–Trinajstić information content (AvgIpc) is 2.71. The molecular formula is C13H23N3OS. The second-order valence-electron chi connectivity index (χ2n) is 5.17. The SMILES string of the molecule is CCC(C)(C)NC(=O)C(C)NCc1cnc(C)s1. The van der Waals surface area contributed by atoms with Crippen molar-refractivity contribution in [1.29, 1.82) is 0 Å². The van der Waals surface area contributed by atoms with Gasteiger partial charge < -0.3 is 10.6 Å². The summed E-state index contributed by atoms with van der Waals surface area (Å²) in [5.74, 6) is 0.0445. The van der Waals surface area contributed by atoms with E-state index in [2.05, 4.69) is 22.5 Å². The van der Waals surface area contributed by atoms with Gasteiger partial charge in [0.2, 0.25) is 5.91 Å². The predicted octanol–water partition coefficient (Wildman–Crippen LogP) is 2.23. The van der Waals surface area contributed by atoms with Crippen LogP contribution < -0.4 is 10.6 Å². The van der Waals surface area contributed by atoms with Crippen molar-refractivity contribution in [3.05, 3.63) is 16.1 Å². The zero-order chi connectivity index (χ0) is 13.8. The van der Waals surface area contributed by atoms with Gasteiger partial charge in [-0.15, -0.1) is 11.3 Å². The number of hydrogen-bond acceptors (Lipinski definition) is 4. The molecule has 0 saturated heterocycles. The van der Waals surface area contributed by atoms with Gasteiger partial charge >= 0.3 is 0 Å². The first-order valence-electron chi connectivity index (χ1n) is 6.31. The molecular weight excluding hydrogens is 246 g/mol. The molecule has 0 radical (unpaired) electrons. The van der Waals surface area contributed by atoms with E-state index in [9.17, 15) is 4.79 Å². The first kappa shape index (κ1) is 15.1. The maximum atomic E-state index is 12.0. The van der Waals surface area contributed by atoms with Gasteiger partial charge in [-0.25, -0.2) is 4.98 Å². The largest absolute Gasteiger partial charge is 0.350 e. The van der Waals surface area contributed by atoms with Crippen LogP contribution in [0.15, 0.2) is 6.20 Å². The molecule has 0 saturated carbocycles. The van der Waals surface area contributed by atoms with Crippen molar-refractivity contribution < 1.29 is 4.79 Å². The van der Waals surface area contributed by atoms with Crippen LogP contribution in [-0.4, -0.2) is 22.5 Å². The number of hydrogen-bond donors (Lipinski definition) is 2. The summed E-state index contributed by atoms with van der Waals surface area (Å²) in [5, 5.41) is 7.30. The van der Waals surface area contributed by atoms with Crippen LogP contribution in [0.25, 0.3) is 0 Å². The molecule has 1 aromatic rings. The fraction of sp³-hybridized carbons (Fsp3) is 0.692. The van der Waals surface area contributed by atoms with Gasteiger partial charge in [-0.1, -0.05) is 6.92 Å². The summed E-state index contributed by atoms with van der Waals surface area (Å²) in [5.41, 5.74) is -0.145. The predicted molar refractivity (Wildman–Crippen MR) is 75.7 cm³/mol. The standard InChI is InChI=1S/C13H23N3OS/c1-6-13(4,5)16-12(17)9(2)14-7-11-8-15-10(3)18-11/h8-9,14H,6-7H2,1-5H3,(H,16,17). The minimum Gasteiger partial charge on any atom is -0.350 e. The molecule has 18 heavy (non-hydrogen) atoms. The third-order valence-electron chi connectivity index (χ3n) is 2.99. The van der Waals surface area contributed by atoms with Gasteiger partial charge in [-0.3, -0.25) is 4.79 Å². The van der Waals surface area contributed by atoms with E-state index in [1.165, 1.54) is 0 Å². The average molecular weight is 269 g/mol. The number of aromatic nitrogens is 1. The lowest BCUT2D eigenvalue weighted by atomic mass is 10.0. The molecule has 0 fully saturated rings. The molecule has 1 atom stereocenters. The first-order chi connectivity index (χ1) is 8.34. The fourth-order valence-electron chi connectivity index (χ4n) is 1.36. The minimum absolute atomic E-state index is 0.0445. The third kappa shape index (κ3) is 4.74. The van der Waals surface area contributed by atoms with Crippen LogP contribution in [0.4, 0.5) is 0 Å².